The fourth-order valence-electron chi connectivity index (χ4n) is 1.16. The highest BCUT2D eigenvalue weighted by atomic mass is 16.5. The molecule has 0 fully saturated rings. The molecule has 0 aliphatic carbocycles. The summed E-state index contributed by atoms with van der Waals surface area (Å²) in [5.41, 5.74) is 0. The van der Waals surface area contributed by atoms with Crippen molar-refractivity contribution in [1.29, 1.82) is 0 Å². The average molecular weight is 173 g/mol. The molecule has 12 heavy (non-hydrogen) atoms. The van der Waals surface area contributed by atoms with Gasteiger partial charge in [0.2, 0.25) is 0 Å². The topological polar surface area (TPSA) is 21.3 Å². The van der Waals surface area contributed by atoms with E-state index in [2.05, 4.69) is 12.2 Å². The minimum absolute atomic E-state index is 0.689. The van der Waals surface area contributed by atoms with Crippen LogP contribution in [-0.4, -0.2) is 20.4 Å². The predicted octanol–water partition coefficient (Wildman–Crippen LogP) is 2.54. The molecule has 2 heteroatoms. The van der Waals surface area contributed by atoms with E-state index < -0.39 is 0 Å². The predicted molar refractivity (Wildman–Crippen MR) is 53.3 cm³/mol. The maximum absolute atomic E-state index is 5.28. The van der Waals surface area contributed by atoms with Crippen molar-refractivity contribution in [3.8, 4) is 0 Å². The molecular formula is C10H23NO. The van der Waals surface area contributed by atoms with E-state index in [9.17, 15) is 0 Å². The Morgan fingerprint density at radius 3 is 2.33 bits per heavy atom. The fourth-order valence-corrected chi connectivity index (χ4v) is 1.16. The number of hydrogen-bond donors (Lipinski definition) is 1. The Bertz CT molecular complexity index is 66.2. The lowest BCUT2D eigenvalue weighted by atomic mass is 10.1. The summed E-state index contributed by atoms with van der Waals surface area (Å²) in [6.45, 7) is 3.85. The summed E-state index contributed by atoms with van der Waals surface area (Å²) < 4.78 is 5.28. The van der Waals surface area contributed by atoms with Gasteiger partial charge in [-0.2, -0.15) is 0 Å². The van der Waals surface area contributed by atoms with Gasteiger partial charge in [0, 0.05) is 6.61 Å². The summed E-state index contributed by atoms with van der Waals surface area (Å²) in [6.07, 6.45) is 8.02. The van der Waals surface area contributed by atoms with Gasteiger partial charge in [0.1, 0.15) is 0 Å². The van der Waals surface area contributed by atoms with Crippen LogP contribution >= 0.6 is 0 Å². The molecule has 0 atom stereocenters. The van der Waals surface area contributed by atoms with Crippen molar-refractivity contribution in [2.24, 2.45) is 0 Å². The molecule has 0 aromatic rings. The molecule has 0 saturated carbocycles. The van der Waals surface area contributed by atoms with Crippen molar-refractivity contribution in [3.63, 3.8) is 0 Å². The second-order valence-corrected chi connectivity index (χ2v) is 3.17. The van der Waals surface area contributed by atoms with Gasteiger partial charge in [0.15, 0.2) is 0 Å². The van der Waals surface area contributed by atoms with Crippen LogP contribution in [0.3, 0.4) is 0 Å². The Morgan fingerprint density at radius 1 is 1.00 bits per heavy atom. The standard InChI is InChI=1S/C10H23NO/c1-3-4-5-6-7-8-9-12-10-11-2/h11H,3-10H2,1-2H3. The molecule has 0 saturated heterocycles. The van der Waals surface area contributed by atoms with Crippen LogP contribution in [0.5, 0.6) is 0 Å². The smallest absolute Gasteiger partial charge is 0.0962 e. The highest BCUT2D eigenvalue weighted by molar-refractivity contribution is 4.42. The quantitative estimate of drug-likeness (QED) is 0.427. The van der Waals surface area contributed by atoms with Crippen LogP contribution in [0.25, 0.3) is 0 Å². The first-order valence-electron chi connectivity index (χ1n) is 5.14. The molecular weight excluding hydrogens is 150 g/mol. The lowest BCUT2D eigenvalue weighted by Gasteiger charge is -2.02. The van der Waals surface area contributed by atoms with Crippen LogP contribution < -0.4 is 5.32 Å². The summed E-state index contributed by atoms with van der Waals surface area (Å²) in [5.74, 6) is 0. The highest BCUT2D eigenvalue weighted by Gasteiger charge is 1.89. The summed E-state index contributed by atoms with van der Waals surface area (Å²) >= 11 is 0. The monoisotopic (exact) mass is 173 g/mol. The van der Waals surface area contributed by atoms with Crippen molar-refractivity contribution < 1.29 is 4.74 Å². The van der Waals surface area contributed by atoms with Crippen LogP contribution in [-0.2, 0) is 4.74 Å². The number of ether oxygens (including phenoxy) is 1. The van der Waals surface area contributed by atoms with E-state index in [1.54, 1.807) is 0 Å². The second-order valence-electron chi connectivity index (χ2n) is 3.17. The molecule has 1 N–H and O–H groups in total. The third-order valence-electron chi connectivity index (χ3n) is 1.89. The van der Waals surface area contributed by atoms with Gasteiger partial charge in [0.05, 0.1) is 6.73 Å². The molecule has 0 heterocycles. The van der Waals surface area contributed by atoms with Crippen molar-refractivity contribution in [3.05, 3.63) is 0 Å². The largest absolute Gasteiger partial charge is 0.366 e. The number of nitrogens with one attached hydrogen (secondary N) is 1. The van der Waals surface area contributed by atoms with Crippen molar-refractivity contribution in [2.75, 3.05) is 20.4 Å². The minimum atomic E-state index is 0.689. The average Bonchev–Trinajstić information content (AvgIpc) is 2.10. The third-order valence-corrected chi connectivity index (χ3v) is 1.89. The summed E-state index contributed by atoms with van der Waals surface area (Å²) in [7, 11) is 1.90. The first-order valence-corrected chi connectivity index (χ1v) is 5.14. The highest BCUT2D eigenvalue weighted by Crippen LogP contribution is 2.04. The third kappa shape index (κ3) is 9.92. The fraction of sp³-hybridized carbons (Fsp3) is 1.00. The number of rotatable bonds is 9. The Morgan fingerprint density at radius 2 is 1.67 bits per heavy atom. The molecule has 0 spiro atoms. The van der Waals surface area contributed by atoms with E-state index in [4.69, 9.17) is 4.74 Å². The van der Waals surface area contributed by atoms with Crippen molar-refractivity contribution in [2.45, 2.75) is 45.4 Å². The van der Waals surface area contributed by atoms with Crippen LogP contribution in [0.1, 0.15) is 45.4 Å². The zero-order chi connectivity index (χ0) is 9.07. The Kier molecular flexibility index (Phi) is 10.8. The summed E-state index contributed by atoms with van der Waals surface area (Å²) in [6, 6.07) is 0. The molecule has 0 amide bonds. The SMILES string of the molecule is CCCCCCCCOCNC. The van der Waals surface area contributed by atoms with E-state index >= 15 is 0 Å². The molecule has 74 valence electrons. The van der Waals surface area contributed by atoms with E-state index in [0.717, 1.165) is 6.61 Å². The van der Waals surface area contributed by atoms with Crippen LogP contribution in [0.15, 0.2) is 0 Å². The molecule has 2 nitrogen and oxygen atoms in total. The molecule has 0 radical (unpaired) electrons. The summed E-state index contributed by atoms with van der Waals surface area (Å²) in [5, 5.41) is 2.96. The molecule has 0 unspecified atom stereocenters. The van der Waals surface area contributed by atoms with Crippen LogP contribution in [0.4, 0.5) is 0 Å². The Labute approximate surface area is 76.7 Å². The van der Waals surface area contributed by atoms with Gasteiger partial charge in [-0.05, 0) is 13.5 Å². The van der Waals surface area contributed by atoms with Gasteiger partial charge in [-0.3, -0.25) is 5.32 Å². The number of unbranched alkanes of at least 4 members (excludes halogenated alkanes) is 5. The zero-order valence-electron chi connectivity index (χ0n) is 8.57. The van der Waals surface area contributed by atoms with Gasteiger partial charge >= 0.3 is 0 Å². The van der Waals surface area contributed by atoms with E-state index in [0.29, 0.717) is 6.73 Å². The maximum atomic E-state index is 5.28. The first kappa shape index (κ1) is 11.9. The lowest BCUT2D eigenvalue weighted by Crippen LogP contribution is -2.11. The normalized spacial score (nSPS) is 10.5. The molecule has 0 aromatic carbocycles. The molecule has 0 aromatic heterocycles. The zero-order valence-corrected chi connectivity index (χ0v) is 8.57. The van der Waals surface area contributed by atoms with Crippen molar-refractivity contribution in [1.82, 2.24) is 5.32 Å². The van der Waals surface area contributed by atoms with Gasteiger partial charge < -0.3 is 4.74 Å². The van der Waals surface area contributed by atoms with Gasteiger partial charge in [0.25, 0.3) is 0 Å². The Balaban J connectivity index is 2.73. The molecule has 0 aliphatic rings. The Hall–Kier alpha value is -0.0800. The van der Waals surface area contributed by atoms with Crippen LogP contribution in [0.2, 0.25) is 0 Å². The van der Waals surface area contributed by atoms with E-state index in [1.807, 2.05) is 7.05 Å². The van der Waals surface area contributed by atoms with E-state index in [-0.39, 0.29) is 0 Å². The molecule has 0 aliphatic heterocycles. The molecule has 0 bridgehead atoms. The minimum Gasteiger partial charge on any atom is -0.366 e. The van der Waals surface area contributed by atoms with Crippen molar-refractivity contribution >= 4 is 0 Å². The van der Waals surface area contributed by atoms with Gasteiger partial charge in [-0.15, -0.1) is 0 Å². The second kappa shape index (κ2) is 10.9. The van der Waals surface area contributed by atoms with Gasteiger partial charge in [-0.25, -0.2) is 0 Å². The van der Waals surface area contributed by atoms with Crippen LogP contribution in [0, 0.1) is 0 Å². The van der Waals surface area contributed by atoms with E-state index in [1.165, 1.54) is 38.5 Å². The molecule has 0 rings (SSSR count). The maximum Gasteiger partial charge on any atom is 0.0962 e. The lowest BCUT2D eigenvalue weighted by molar-refractivity contribution is 0.118. The first-order chi connectivity index (χ1) is 5.91. The van der Waals surface area contributed by atoms with Gasteiger partial charge in [-0.1, -0.05) is 39.0 Å². The number of hydrogen-bond acceptors (Lipinski definition) is 2. The summed E-state index contributed by atoms with van der Waals surface area (Å²) in [4.78, 5) is 0.